The number of ether oxygens (including phenoxy) is 1. The number of carboxylic acid groups (broad SMARTS) is 2. The summed E-state index contributed by atoms with van der Waals surface area (Å²) >= 11 is 0. The molecule has 2 atom stereocenters. The molecule has 0 aromatic heterocycles. The molecule has 2 heterocycles. The van der Waals surface area contributed by atoms with Crippen molar-refractivity contribution >= 4 is 35.4 Å². The molecule has 12 nitrogen and oxygen atoms in total. The second kappa shape index (κ2) is 21.3. The van der Waals surface area contributed by atoms with Crippen molar-refractivity contribution in [2.75, 3.05) is 68.7 Å². The maximum absolute atomic E-state index is 13.6. The number of aliphatic carboxylic acids is 1. The third-order valence-corrected chi connectivity index (χ3v) is 16.6. The molecular formula is C62H78N4O8. The van der Waals surface area contributed by atoms with E-state index >= 15 is 0 Å². The minimum Gasteiger partial charge on any atom is -0.481 e. The van der Waals surface area contributed by atoms with E-state index in [9.17, 15) is 34.8 Å². The number of nitrogens with zero attached hydrogens (tertiary/aromatic N) is 4. The molecule has 8 rings (SSSR count). The lowest BCUT2D eigenvalue weighted by Gasteiger charge is -2.46. The van der Waals surface area contributed by atoms with E-state index in [4.69, 9.17) is 4.74 Å². The van der Waals surface area contributed by atoms with Crippen molar-refractivity contribution in [3.63, 3.8) is 0 Å². The van der Waals surface area contributed by atoms with Crippen LogP contribution in [0.25, 0.3) is 6.08 Å². The fourth-order valence-corrected chi connectivity index (χ4v) is 11.6. The molecule has 4 N–H and O–H groups in total. The van der Waals surface area contributed by atoms with Crippen LogP contribution in [-0.4, -0.2) is 113 Å². The first-order valence-corrected chi connectivity index (χ1v) is 26.6. The van der Waals surface area contributed by atoms with Gasteiger partial charge in [0.05, 0.1) is 18.1 Å². The number of carbonyl (C=O) groups excluding carboxylic acids is 1. The van der Waals surface area contributed by atoms with E-state index in [0.717, 1.165) is 101 Å². The number of esters is 1. The van der Waals surface area contributed by atoms with Gasteiger partial charge in [0.25, 0.3) is 0 Å². The summed E-state index contributed by atoms with van der Waals surface area (Å²) in [5.74, 6) is 3.09. The highest BCUT2D eigenvalue weighted by Gasteiger charge is 2.42. The summed E-state index contributed by atoms with van der Waals surface area (Å²) < 4.78 is 5.75. The number of anilines is 2. The molecule has 0 saturated carbocycles. The normalized spacial score (nSPS) is 20.0. The zero-order chi connectivity index (χ0) is 53.5. The molecule has 2 unspecified atom stereocenters. The second-order valence-electron chi connectivity index (χ2n) is 24.1. The van der Waals surface area contributed by atoms with Crippen molar-refractivity contribution in [1.29, 1.82) is 0 Å². The smallest absolute Gasteiger partial charge is 0.343 e. The van der Waals surface area contributed by atoms with Gasteiger partial charge in [-0.2, -0.15) is 0 Å². The van der Waals surface area contributed by atoms with E-state index < -0.39 is 30.1 Å². The van der Waals surface area contributed by atoms with Gasteiger partial charge in [0.2, 0.25) is 0 Å². The largest absolute Gasteiger partial charge is 0.481 e. The van der Waals surface area contributed by atoms with Crippen molar-refractivity contribution < 1.29 is 39.5 Å². The molecule has 2 aliphatic heterocycles. The first-order valence-electron chi connectivity index (χ1n) is 26.6. The Hall–Kier alpha value is -5.97. The molecule has 394 valence electrons. The number of aliphatic hydroxyl groups is 2. The Labute approximate surface area is 439 Å². The van der Waals surface area contributed by atoms with Crippen LogP contribution in [0.2, 0.25) is 0 Å². The first kappa shape index (κ1) is 54.3. The van der Waals surface area contributed by atoms with E-state index in [0.29, 0.717) is 23.7 Å². The molecule has 2 fully saturated rings. The van der Waals surface area contributed by atoms with Gasteiger partial charge < -0.3 is 35.0 Å². The van der Waals surface area contributed by atoms with Gasteiger partial charge >= 0.3 is 17.9 Å². The van der Waals surface area contributed by atoms with Crippen LogP contribution in [0, 0.1) is 11.8 Å². The maximum atomic E-state index is 13.6. The third-order valence-electron chi connectivity index (χ3n) is 16.6. The first-order chi connectivity index (χ1) is 34.8. The Bertz CT molecular complexity index is 2850. The molecule has 0 radical (unpaired) electrons. The van der Waals surface area contributed by atoms with Gasteiger partial charge in [0, 0.05) is 81.9 Å². The van der Waals surface area contributed by atoms with Crippen molar-refractivity contribution in [1.82, 2.24) is 9.80 Å². The van der Waals surface area contributed by atoms with Crippen LogP contribution in [-0.2, 0) is 26.5 Å². The average Bonchev–Trinajstić information content (AvgIpc) is 3.36. The van der Waals surface area contributed by atoms with Gasteiger partial charge in [0.15, 0.2) is 0 Å². The highest BCUT2D eigenvalue weighted by atomic mass is 16.5. The summed E-state index contributed by atoms with van der Waals surface area (Å²) in [6, 6.07) is 20.0. The Morgan fingerprint density at radius 2 is 1.19 bits per heavy atom. The molecule has 4 aromatic rings. The Morgan fingerprint density at radius 3 is 1.73 bits per heavy atom. The van der Waals surface area contributed by atoms with Gasteiger partial charge in [-0.25, -0.2) is 9.59 Å². The van der Waals surface area contributed by atoms with Crippen LogP contribution in [0.3, 0.4) is 0 Å². The van der Waals surface area contributed by atoms with E-state index in [2.05, 4.69) is 125 Å². The molecule has 2 aliphatic carbocycles. The molecule has 12 heteroatoms. The third kappa shape index (κ3) is 11.8. The molecule has 0 amide bonds. The van der Waals surface area contributed by atoms with Gasteiger partial charge in [0.1, 0.15) is 17.4 Å². The fraction of sp³-hybridized carbons (Fsp3) is 0.500. The predicted octanol–water partition coefficient (Wildman–Crippen LogP) is 10.3. The number of aromatic carboxylic acids is 1. The molecule has 0 spiro atoms. The van der Waals surface area contributed by atoms with Crippen LogP contribution in [0.4, 0.5) is 11.4 Å². The highest BCUT2D eigenvalue weighted by Crippen LogP contribution is 2.52. The number of carbonyl (C=O) groups is 3. The molecular weight excluding hydrogens is 929 g/mol. The minimum atomic E-state index is -1.26. The number of carboxylic acids is 2. The molecule has 4 aliphatic rings. The Morgan fingerprint density at radius 1 is 0.662 bits per heavy atom. The monoisotopic (exact) mass is 1010 g/mol. The lowest BCUT2D eigenvalue weighted by molar-refractivity contribution is -0.137. The minimum absolute atomic E-state index is 0.0379. The van der Waals surface area contributed by atoms with E-state index in [1.807, 2.05) is 6.08 Å². The van der Waals surface area contributed by atoms with Gasteiger partial charge in [-0.05, 0) is 143 Å². The van der Waals surface area contributed by atoms with Crippen LogP contribution in [0.5, 0.6) is 5.75 Å². The lowest BCUT2D eigenvalue weighted by atomic mass is 9.62. The predicted molar refractivity (Wildman–Crippen MR) is 294 cm³/mol. The summed E-state index contributed by atoms with van der Waals surface area (Å²) in [5, 5.41) is 42.8. The van der Waals surface area contributed by atoms with E-state index in [-0.39, 0.29) is 45.0 Å². The number of rotatable bonds is 13. The Kier molecular flexibility index (Phi) is 15.7. The number of benzene rings is 4. The maximum Gasteiger partial charge on any atom is 0.343 e. The summed E-state index contributed by atoms with van der Waals surface area (Å²) in [7, 11) is 0. The Balaban J connectivity index is 0.987. The quantitative estimate of drug-likeness (QED) is 0.0573. The fourth-order valence-electron chi connectivity index (χ4n) is 11.6. The highest BCUT2D eigenvalue weighted by molar-refractivity contribution is 5.95. The summed E-state index contributed by atoms with van der Waals surface area (Å²) in [4.78, 5) is 46.8. The SMILES string of the molecule is CC(C)N1CCN(c2cc(C(O)C#Cc3ccc(C(=O)O)c(OC(=O)c4ccc(C=CC(O)c5cc(N6CCN(CCC(=O)O)CC6)c6c(c5)C(C)(C)CCC6(C)C)cc4)c3)cc3c2C(C)(C)CCC3(C)C)CC1. The number of fused-ring (bicyclic) bond motifs is 2. The second-order valence-corrected chi connectivity index (χ2v) is 24.1. The van der Waals surface area contributed by atoms with Crippen molar-refractivity contribution in [3.05, 3.63) is 128 Å². The molecule has 74 heavy (non-hydrogen) atoms. The van der Waals surface area contributed by atoms with Gasteiger partial charge in [-0.3, -0.25) is 14.6 Å². The number of hydrogen-bond acceptors (Lipinski definition) is 10. The van der Waals surface area contributed by atoms with Crippen LogP contribution < -0.4 is 14.5 Å². The molecule has 0 bridgehead atoms. The summed E-state index contributed by atoms with van der Waals surface area (Å²) in [6.07, 6.45) is 5.79. The topological polar surface area (TPSA) is 154 Å². The molecule has 2 saturated heterocycles. The van der Waals surface area contributed by atoms with Gasteiger partial charge in [-0.1, -0.05) is 104 Å². The number of hydrogen-bond donors (Lipinski definition) is 4. The average molecular weight is 1010 g/mol. The van der Waals surface area contributed by atoms with Crippen LogP contribution in [0.15, 0.2) is 72.8 Å². The van der Waals surface area contributed by atoms with E-state index in [1.54, 1.807) is 36.4 Å². The number of piperazine rings is 2. The summed E-state index contributed by atoms with van der Waals surface area (Å²) in [6.45, 7) is 30.1. The van der Waals surface area contributed by atoms with Gasteiger partial charge in [-0.15, -0.1) is 0 Å². The van der Waals surface area contributed by atoms with E-state index in [1.165, 1.54) is 34.4 Å². The lowest BCUT2D eigenvalue weighted by Crippen LogP contribution is -2.50. The zero-order valence-electron chi connectivity index (χ0n) is 45.3. The zero-order valence-corrected chi connectivity index (χ0v) is 45.3. The standard InChI is InChI=1S/C62H78N4O8/c1-40(2)64-31-33-66(34-32-64)50-39-45(37-48-56(50)62(9,10)25-23-60(48,5)6)52(68)20-15-42-13-18-46(57(71)72)53(35-42)74-58(73)43-16-11-41(12-17-43)14-19-51(67)44-36-47-55(61(7,8)24-22-59(47,3)4)49(38-44)65-29-27-63(28-30-65)26-21-54(69)70/h11-14,16-19,35-40,51-52,67-68H,21-34H2,1-10H3,(H,69,70)(H,71,72). The number of aliphatic hydroxyl groups excluding tert-OH is 2. The summed E-state index contributed by atoms with van der Waals surface area (Å²) in [5.41, 5.74) is 9.78. The van der Waals surface area contributed by atoms with Crippen LogP contribution >= 0.6 is 0 Å². The van der Waals surface area contributed by atoms with Crippen molar-refractivity contribution in [2.24, 2.45) is 0 Å². The van der Waals surface area contributed by atoms with Crippen molar-refractivity contribution in [3.8, 4) is 17.6 Å². The van der Waals surface area contributed by atoms with Crippen LogP contribution in [0.1, 0.15) is 179 Å². The van der Waals surface area contributed by atoms with Crippen molar-refractivity contribution in [2.45, 2.75) is 141 Å². The molecule has 4 aromatic carbocycles.